The van der Waals surface area contributed by atoms with Gasteiger partial charge in [-0.25, -0.2) is 9.78 Å². The molecular formula is C12H8ClNO3. The van der Waals surface area contributed by atoms with E-state index in [-0.39, 0.29) is 5.56 Å². The van der Waals surface area contributed by atoms with E-state index < -0.39 is 5.97 Å². The van der Waals surface area contributed by atoms with Crippen LogP contribution in [0.3, 0.4) is 0 Å². The van der Waals surface area contributed by atoms with Crippen LogP contribution in [0.15, 0.2) is 42.6 Å². The summed E-state index contributed by atoms with van der Waals surface area (Å²) in [5.41, 5.74) is 0.210. The first-order valence-corrected chi connectivity index (χ1v) is 5.16. The van der Waals surface area contributed by atoms with Gasteiger partial charge in [-0.3, -0.25) is 0 Å². The topological polar surface area (TPSA) is 59.4 Å². The summed E-state index contributed by atoms with van der Waals surface area (Å²) in [6.45, 7) is 0. The molecule has 1 N–H and O–H groups in total. The number of pyridine rings is 1. The van der Waals surface area contributed by atoms with E-state index in [1.807, 2.05) is 0 Å². The van der Waals surface area contributed by atoms with Crippen molar-refractivity contribution in [3.63, 3.8) is 0 Å². The molecule has 0 aliphatic heterocycles. The Balaban J connectivity index is 2.13. The van der Waals surface area contributed by atoms with Gasteiger partial charge in [-0.05, 0) is 30.3 Å². The minimum Gasteiger partial charge on any atom is -0.478 e. The zero-order chi connectivity index (χ0) is 12.3. The second-order valence-electron chi connectivity index (χ2n) is 3.25. The Morgan fingerprint density at radius 3 is 2.41 bits per heavy atom. The Bertz CT molecular complexity index is 522. The third-order valence-electron chi connectivity index (χ3n) is 2.02. The lowest BCUT2D eigenvalue weighted by molar-refractivity contribution is 0.0697. The van der Waals surface area contributed by atoms with E-state index in [4.69, 9.17) is 21.4 Å². The molecule has 0 atom stereocenters. The van der Waals surface area contributed by atoms with Crippen molar-refractivity contribution < 1.29 is 14.6 Å². The van der Waals surface area contributed by atoms with Crippen LogP contribution in [-0.4, -0.2) is 16.1 Å². The maximum Gasteiger partial charge on any atom is 0.335 e. The summed E-state index contributed by atoms with van der Waals surface area (Å²) in [6.07, 6.45) is 1.47. The smallest absolute Gasteiger partial charge is 0.335 e. The molecule has 86 valence electrons. The van der Waals surface area contributed by atoms with Crippen molar-refractivity contribution in [1.29, 1.82) is 0 Å². The Morgan fingerprint density at radius 2 is 1.88 bits per heavy atom. The molecule has 5 heteroatoms. The number of rotatable bonds is 3. The van der Waals surface area contributed by atoms with E-state index in [0.29, 0.717) is 16.7 Å². The molecule has 0 saturated carbocycles. The SMILES string of the molecule is O=C(O)c1ccc(Oc2ccc(Cl)cn2)cc1. The fourth-order valence-corrected chi connectivity index (χ4v) is 1.32. The van der Waals surface area contributed by atoms with Crippen LogP contribution in [0, 0.1) is 0 Å². The molecule has 1 aromatic heterocycles. The first-order valence-electron chi connectivity index (χ1n) is 4.78. The Hall–Kier alpha value is -2.07. The second-order valence-corrected chi connectivity index (χ2v) is 3.68. The van der Waals surface area contributed by atoms with E-state index in [2.05, 4.69) is 4.98 Å². The van der Waals surface area contributed by atoms with E-state index in [9.17, 15) is 4.79 Å². The van der Waals surface area contributed by atoms with E-state index in [1.54, 1.807) is 24.3 Å². The average molecular weight is 250 g/mol. The molecule has 0 fully saturated rings. The fraction of sp³-hybridized carbons (Fsp3) is 0. The van der Waals surface area contributed by atoms with Crippen molar-refractivity contribution >= 4 is 17.6 Å². The van der Waals surface area contributed by atoms with Gasteiger partial charge in [0.15, 0.2) is 0 Å². The monoisotopic (exact) mass is 249 g/mol. The maximum absolute atomic E-state index is 10.6. The van der Waals surface area contributed by atoms with Crippen molar-refractivity contribution in [2.75, 3.05) is 0 Å². The van der Waals surface area contributed by atoms with Gasteiger partial charge >= 0.3 is 5.97 Å². The number of aromatic carboxylic acids is 1. The molecule has 0 saturated heterocycles. The van der Waals surface area contributed by atoms with Crippen molar-refractivity contribution in [2.45, 2.75) is 0 Å². The molecule has 2 rings (SSSR count). The van der Waals surface area contributed by atoms with E-state index in [0.717, 1.165) is 0 Å². The first-order chi connectivity index (χ1) is 8.15. The molecule has 1 heterocycles. The summed E-state index contributed by atoms with van der Waals surface area (Å²) in [7, 11) is 0. The van der Waals surface area contributed by atoms with Crippen molar-refractivity contribution in [3.05, 3.63) is 53.2 Å². The Labute approximate surface area is 102 Å². The van der Waals surface area contributed by atoms with Gasteiger partial charge in [-0.15, -0.1) is 0 Å². The highest BCUT2D eigenvalue weighted by atomic mass is 35.5. The number of carbonyl (C=O) groups is 1. The van der Waals surface area contributed by atoms with E-state index >= 15 is 0 Å². The van der Waals surface area contributed by atoms with Crippen LogP contribution < -0.4 is 4.74 Å². The fourth-order valence-electron chi connectivity index (χ4n) is 1.21. The largest absolute Gasteiger partial charge is 0.478 e. The minimum atomic E-state index is -0.971. The zero-order valence-electron chi connectivity index (χ0n) is 8.63. The Morgan fingerprint density at radius 1 is 1.18 bits per heavy atom. The van der Waals surface area contributed by atoms with Gasteiger partial charge < -0.3 is 9.84 Å². The summed E-state index contributed by atoms with van der Waals surface area (Å²) in [5, 5.41) is 9.25. The van der Waals surface area contributed by atoms with Gasteiger partial charge in [0.25, 0.3) is 0 Å². The summed E-state index contributed by atoms with van der Waals surface area (Å²) in [5.74, 6) is -0.0523. The number of hydrogen-bond donors (Lipinski definition) is 1. The normalized spacial score (nSPS) is 9.94. The molecule has 17 heavy (non-hydrogen) atoms. The van der Waals surface area contributed by atoms with Gasteiger partial charge in [-0.1, -0.05) is 11.6 Å². The van der Waals surface area contributed by atoms with Crippen LogP contribution in [0.2, 0.25) is 5.02 Å². The molecule has 0 aliphatic carbocycles. The number of carboxylic acid groups (broad SMARTS) is 1. The summed E-state index contributed by atoms with van der Waals surface area (Å²) in [4.78, 5) is 14.6. The molecule has 0 aliphatic rings. The number of hydrogen-bond acceptors (Lipinski definition) is 3. The van der Waals surface area contributed by atoms with Crippen molar-refractivity contribution in [2.24, 2.45) is 0 Å². The number of aromatic nitrogens is 1. The predicted molar refractivity (Wildman–Crippen MR) is 62.7 cm³/mol. The lowest BCUT2D eigenvalue weighted by Crippen LogP contribution is -1.95. The zero-order valence-corrected chi connectivity index (χ0v) is 9.39. The van der Waals surface area contributed by atoms with Crippen LogP contribution in [0.1, 0.15) is 10.4 Å². The molecule has 0 radical (unpaired) electrons. The highest BCUT2D eigenvalue weighted by Gasteiger charge is 2.03. The van der Waals surface area contributed by atoms with Gasteiger partial charge in [0.1, 0.15) is 5.75 Å². The summed E-state index contributed by atoms with van der Waals surface area (Å²) in [6, 6.07) is 9.36. The summed E-state index contributed by atoms with van der Waals surface area (Å²) >= 11 is 5.69. The maximum atomic E-state index is 10.6. The second kappa shape index (κ2) is 4.84. The standard InChI is InChI=1S/C12H8ClNO3/c13-9-3-6-11(14-7-9)17-10-4-1-8(2-5-10)12(15)16/h1-7H,(H,15,16). The molecule has 2 aromatic rings. The number of benzene rings is 1. The lowest BCUT2D eigenvalue weighted by atomic mass is 10.2. The predicted octanol–water partition coefficient (Wildman–Crippen LogP) is 3.23. The minimum absolute atomic E-state index is 0.210. The van der Waals surface area contributed by atoms with Crippen LogP contribution in [0.5, 0.6) is 11.6 Å². The van der Waals surface area contributed by atoms with E-state index in [1.165, 1.54) is 18.3 Å². The number of ether oxygens (including phenoxy) is 1. The lowest BCUT2D eigenvalue weighted by Gasteiger charge is -2.04. The molecule has 0 bridgehead atoms. The van der Waals surface area contributed by atoms with Crippen LogP contribution in [0.25, 0.3) is 0 Å². The molecule has 4 nitrogen and oxygen atoms in total. The molecule has 1 aromatic carbocycles. The van der Waals surface area contributed by atoms with Crippen molar-refractivity contribution in [1.82, 2.24) is 4.98 Å². The number of carboxylic acids is 1. The number of halogens is 1. The van der Waals surface area contributed by atoms with Gasteiger partial charge in [0.2, 0.25) is 5.88 Å². The van der Waals surface area contributed by atoms with Gasteiger partial charge in [-0.2, -0.15) is 0 Å². The average Bonchev–Trinajstić information content (AvgIpc) is 2.33. The first kappa shape index (κ1) is 11.4. The van der Waals surface area contributed by atoms with Crippen LogP contribution >= 0.6 is 11.6 Å². The van der Waals surface area contributed by atoms with Gasteiger partial charge in [0.05, 0.1) is 10.6 Å². The molecule has 0 spiro atoms. The number of nitrogens with zero attached hydrogens (tertiary/aromatic N) is 1. The highest BCUT2D eigenvalue weighted by Crippen LogP contribution is 2.20. The summed E-state index contributed by atoms with van der Waals surface area (Å²) < 4.78 is 5.41. The van der Waals surface area contributed by atoms with Crippen LogP contribution in [-0.2, 0) is 0 Å². The molecule has 0 amide bonds. The third kappa shape index (κ3) is 2.95. The van der Waals surface area contributed by atoms with Crippen molar-refractivity contribution in [3.8, 4) is 11.6 Å². The highest BCUT2D eigenvalue weighted by molar-refractivity contribution is 6.30. The van der Waals surface area contributed by atoms with Crippen LogP contribution in [0.4, 0.5) is 0 Å². The Kier molecular flexibility index (Phi) is 3.25. The third-order valence-corrected chi connectivity index (χ3v) is 2.25. The van der Waals surface area contributed by atoms with Gasteiger partial charge in [0, 0.05) is 12.3 Å². The molecule has 0 unspecified atom stereocenters. The quantitative estimate of drug-likeness (QED) is 0.907. The molecular weight excluding hydrogens is 242 g/mol.